The SMILES string of the molecule is C(=CC1CC2CCCCC2C2C(C=CC3CCC(N(C4CCCCC4)C4CCCCC4)CC3)CC3CCCCC3C12)C1CCC(N(C2CCCCC2)C2CCCCC2)CC1. The maximum Gasteiger partial charge on any atom is 0.0102 e. The van der Waals surface area contributed by atoms with Crippen LogP contribution in [0.15, 0.2) is 24.3 Å². The molecule has 10 saturated carbocycles. The predicted octanol–water partition coefficient (Wildman–Crippen LogP) is 16.0. The van der Waals surface area contributed by atoms with Crippen LogP contribution in [0.3, 0.4) is 0 Å². The molecule has 0 aromatic heterocycles. The molecule has 0 aliphatic heterocycles. The molecule has 10 aliphatic carbocycles. The first kappa shape index (κ1) is 43.3. The van der Waals surface area contributed by atoms with Crippen molar-refractivity contribution < 1.29 is 0 Å². The summed E-state index contributed by atoms with van der Waals surface area (Å²) in [6.07, 6.45) is 69.0. The fourth-order valence-corrected chi connectivity index (χ4v) is 18.4. The molecule has 10 fully saturated rings. The molecule has 0 aromatic carbocycles. The molecule has 338 valence electrons. The molecule has 0 saturated heterocycles. The molecule has 10 rings (SSSR count). The maximum atomic E-state index is 3.21. The first-order chi connectivity index (χ1) is 29.8. The van der Waals surface area contributed by atoms with Gasteiger partial charge < -0.3 is 0 Å². The van der Waals surface area contributed by atoms with Gasteiger partial charge in [0.2, 0.25) is 0 Å². The van der Waals surface area contributed by atoms with Crippen LogP contribution in [-0.2, 0) is 0 Å². The molecule has 10 aliphatic rings. The van der Waals surface area contributed by atoms with E-state index in [1.54, 1.807) is 38.5 Å². The molecule has 0 bridgehead atoms. The Bertz CT molecular complexity index is 1190. The van der Waals surface area contributed by atoms with Crippen LogP contribution in [0.1, 0.15) is 244 Å². The molecule has 2 heteroatoms. The first-order valence-electron chi connectivity index (χ1n) is 28.7. The van der Waals surface area contributed by atoms with Crippen molar-refractivity contribution in [1.29, 1.82) is 0 Å². The van der Waals surface area contributed by atoms with E-state index in [9.17, 15) is 0 Å². The van der Waals surface area contributed by atoms with Crippen LogP contribution in [0.4, 0.5) is 0 Å². The summed E-state index contributed by atoms with van der Waals surface area (Å²) < 4.78 is 0. The average molecular weight is 821 g/mol. The average Bonchev–Trinajstić information content (AvgIpc) is 3.32. The van der Waals surface area contributed by atoms with Gasteiger partial charge in [0, 0.05) is 36.3 Å². The van der Waals surface area contributed by atoms with Crippen molar-refractivity contribution >= 4 is 0 Å². The quantitative estimate of drug-likeness (QED) is 0.203. The summed E-state index contributed by atoms with van der Waals surface area (Å²) in [7, 11) is 0. The van der Waals surface area contributed by atoms with Crippen LogP contribution in [0.5, 0.6) is 0 Å². The summed E-state index contributed by atoms with van der Waals surface area (Å²) in [5, 5.41) is 0. The zero-order chi connectivity index (χ0) is 40.1. The van der Waals surface area contributed by atoms with E-state index in [1.165, 1.54) is 205 Å². The normalized spacial score (nSPS) is 42.4. The summed E-state index contributed by atoms with van der Waals surface area (Å²) in [5.74, 6) is 9.50. The standard InChI is InChI=1S/C58H96N2/c1-5-19-49(20-6-1)59(50-21-7-2-8-22-50)53-37-31-43(32-38-53)29-35-47-41-45-17-13-16-28-56(45)58-48(42-46-18-14-15-27-55(46)57(47)58)36-30-44-33-39-54(40-34-44)60(51-23-9-3-10-24-51)52-25-11-4-12-26-52/h29-30,35-36,43-58H,1-28,31-34,37-42H2. The predicted molar refractivity (Wildman–Crippen MR) is 255 cm³/mol. The lowest BCUT2D eigenvalue weighted by Crippen LogP contribution is -2.52. The van der Waals surface area contributed by atoms with Gasteiger partial charge in [-0.15, -0.1) is 0 Å². The lowest BCUT2D eigenvalue weighted by atomic mass is 9.46. The van der Waals surface area contributed by atoms with E-state index in [-0.39, 0.29) is 0 Å². The first-order valence-corrected chi connectivity index (χ1v) is 28.7. The molecule has 0 amide bonds. The fraction of sp³-hybridized carbons (Fsp3) is 0.931. The van der Waals surface area contributed by atoms with Crippen molar-refractivity contribution in [2.45, 2.75) is 280 Å². The highest BCUT2D eigenvalue weighted by atomic mass is 15.2. The Kier molecular flexibility index (Phi) is 15.3. The van der Waals surface area contributed by atoms with Crippen LogP contribution in [-0.4, -0.2) is 46.1 Å². The van der Waals surface area contributed by atoms with E-state index in [0.717, 1.165) is 95.4 Å². The monoisotopic (exact) mass is 821 g/mol. The van der Waals surface area contributed by atoms with Crippen LogP contribution < -0.4 is 0 Å². The number of fused-ring (bicyclic) bond motifs is 5. The molecule has 0 heterocycles. The molecule has 8 unspecified atom stereocenters. The van der Waals surface area contributed by atoms with Gasteiger partial charge >= 0.3 is 0 Å². The van der Waals surface area contributed by atoms with E-state index in [2.05, 4.69) is 34.1 Å². The highest BCUT2D eigenvalue weighted by molar-refractivity contribution is 5.13. The van der Waals surface area contributed by atoms with E-state index in [1.807, 2.05) is 0 Å². The Hall–Kier alpha value is -0.600. The van der Waals surface area contributed by atoms with Crippen LogP contribution in [0.25, 0.3) is 0 Å². The summed E-state index contributed by atoms with van der Waals surface area (Å²) in [6, 6.07) is 5.43. The molecule has 0 spiro atoms. The lowest BCUT2D eigenvalue weighted by molar-refractivity contribution is -0.0847. The van der Waals surface area contributed by atoms with Crippen LogP contribution in [0, 0.1) is 59.2 Å². The second-order valence-electron chi connectivity index (χ2n) is 24.3. The minimum absolute atomic E-state index is 0.854. The van der Waals surface area contributed by atoms with Gasteiger partial charge in [-0.1, -0.05) is 140 Å². The van der Waals surface area contributed by atoms with Gasteiger partial charge in [0.15, 0.2) is 0 Å². The van der Waals surface area contributed by atoms with E-state index in [4.69, 9.17) is 0 Å². The summed E-state index contributed by atoms with van der Waals surface area (Å²) >= 11 is 0. The van der Waals surface area contributed by atoms with Gasteiger partial charge in [-0.25, -0.2) is 0 Å². The Morgan fingerprint density at radius 2 is 0.533 bits per heavy atom. The van der Waals surface area contributed by atoms with Gasteiger partial charge in [-0.3, -0.25) is 9.80 Å². The Balaban J connectivity index is 0.816. The van der Waals surface area contributed by atoms with Gasteiger partial charge in [-0.05, 0) is 188 Å². The highest BCUT2D eigenvalue weighted by Crippen LogP contribution is 2.61. The van der Waals surface area contributed by atoms with E-state index < -0.39 is 0 Å². The van der Waals surface area contributed by atoms with Crippen molar-refractivity contribution in [3.63, 3.8) is 0 Å². The number of rotatable bonds is 10. The molecule has 0 aromatic rings. The smallest absolute Gasteiger partial charge is 0.0102 e. The largest absolute Gasteiger partial charge is 0.294 e. The number of hydrogen-bond acceptors (Lipinski definition) is 2. The Labute approximate surface area is 372 Å². The Morgan fingerprint density at radius 1 is 0.250 bits per heavy atom. The maximum absolute atomic E-state index is 3.21. The Morgan fingerprint density at radius 3 is 0.867 bits per heavy atom. The zero-order valence-corrected chi connectivity index (χ0v) is 39.3. The third-order valence-corrected chi connectivity index (χ3v) is 21.1. The van der Waals surface area contributed by atoms with Crippen molar-refractivity contribution in [1.82, 2.24) is 9.80 Å². The zero-order valence-electron chi connectivity index (χ0n) is 39.3. The molecular weight excluding hydrogens is 725 g/mol. The molecular formula is C58H96N2. The van der Waals surface area contributed by atoms with Gasteiger partial charge in [-0.2, -0.15) is 0 Å². The molecule has 60 heavy (non-hydrogen) atoms. The fourth-order valence-electron chi connectivity index (χ4n) is 18.4. The van der Waals surface area contributed by atoms with Gasteiger partial charge in [0.05, 0.1) is 0 Å². The second-order valence-corrected chi connectivity index (χ2v) is 24.3. The third kappa shape index (κ3) is 9.96. The highest BCUT2D eigenvalue weighted by Gasteiger charge is 2.54. The van der Waals surface area contributed by atoms with Crippen LogP contribution in [0.2, 0.25) is 0 Å². The molecule has 2 nitrogen and oxygen atoms in total. The molecule has 0 radical (unpaired) electrons. The minimum Gasteiger partial charge on any atom is -0.294 e. The summed E-state index contributed by atoms with van der Waals surface area (Å²) in [4.78, 5) is 6.42. The third-order valence-electron chi connectivity index (χ3n) is 21.1. The molecule has 0 N–H and O–H groups in total. The van der Waals surface area contributed by atoms with Crippen molar-refractivity contribution in [2.24, 2.45) is 59.2 Å². The number of nitrogens with zero attached hydrogens (tertiary/aromatic N) is 2. The number of allylic oxidation sites excluding steroid dienone is 4. The lowest BCUT2D eigenvalue weighted by Gasteiger charge is -2.59. The van der Waals surface area contributed by atoms with Gasteiger partial charge in [0.1, 0.15) is 0 Å². The van der Waals surface area contributed by atoms with Crippen LogP contribution >= 0.6 is 0 Å². The summed E-state index contributed by atoms with van der Waals surface area (Å²) in [6.45, 7) is 0. The van der Waals surface area contributed by atoms with Crippen molar-refractivity contribution in [2.75, 3.05) is 0 Å². The van der Waals surface area contributed by atoms with Crippen molar-refractivity contribution in [3.8, 4) is 0 Å². The van der Waals surface area contributed by atoms with E-state index >= 15 is 0 Å². The molecule has 8 atom stereocenters. The van der Waals surface area contributed by atoms with E-state index in [0.29, 0.717) is 0 Å². The topological polar surface area (TPSA) is 6.48 Å². The minimum atomic E-state index is 0.854. The van der Waals surface area contributed by atoms with Crippen molar-refractivity contribution in [3.05, 3.63) is 24.3 Å². The number of hydrogen-bond donors (Lipinski definition) is 0. The summed E-state index contributed by atoms with van der Waals surface area (Å²) in [5.41, 5.74) is 0. The second kappa shape index (κ2) is 21.1. The van der Waals surface area contributed by atoms with Gasteiger partial charge in [0.25, 0.3) is 0 Å².